The van der Waals surface area contributed by atoms with E-state index in [4.69, 9.17) is 4.74 Å². The van der Waals surface area contributed by atoms with E-state index in [9.17, 15) is 18.0 Å². The van der Waals surface area contributed by atoms with Gasteiger partial charge in [-0.2, -0.15) is 4.31 Å². The Balaban J connectivity index is 1.61. The van der Waals surface area contributed by atoms with Crippen molar-refractivity contribution in [2.75, 3.05) is 19.7 Å². The van der Waals surface area contributed by atoms with Crippen molar-refractivity contribution in [3.05, 3.63) is 64.7 Å². The van der Waals surface area contributed by atoms with Gasteiger partial charge in [-0.15, -0.1) is 0 Å². The molecule has 7 nitrogen and oxygen atoms in total. The Morgan fingerprint density at radius 3 is 2.36 bits per heavy atom. The van der Waals surface area contributed by atoms with E-state index in [1.807, 2.05) is 31.2 Å². The molecule has 3 rings (SSSR count). The average molecular weight is 473 g/mol. The lowest BCUT2D eigenvalue weighted by atomic mass is 10.1. The first-order valence-electron chi connectivity index (χ1n) is 11.4. The monoisotopic (exact) mass is 472 g/mol. The second-order valence-electron chi connectivity index (χ2n) is 8.41. The first kappa shape index (κ1) is 24.9. The highest BCUT2D eigenvalue weighted by Crippen LogP contribution is 2.24. The van der Waals surface area contributed by atoms with Crippen molar-refractivity contribution >= 4 is 21.9 Å². The second-order valence-corrected chi connectivity index (χ2v) is 10.3. The molecule has 2 aromatic rings. The Hall–Kier alpha value is -2.71. The van der Waals surface area contributed by atoms with Gasteiger partial charge in [-0.1, -0.05) is 43.7 Å². The van der Waals surface area contributed by atoms with Gasteiger partial charge in [-0.25, -0.2) is 13.2 Å². The van der Waals surface area contributed by atoms with E-state index in [-0.39, 0.29) is 16.5 Å². The molecule has 0 spiro atoms. The number of nitrogens with one attached hydrogen (secondary N) is 1. The van der Waals surface area contributed by atoms with E-state index >= 15 is 0 Å². The molecular weight excluding hydrogens is 440 g/mol. The SMILES string of the molecule is CCc1ccc(C(C)NC(=O)COC(=O)c2ccc(C)c(S(=O)(=O)N3CCCCC3)c2)cc1. The number of nitrogens with zero attached hydrogens (tertiary/aromatic N) is 1. The van der Waals surface area contributed by atoms with E-state index in [0.29, 0.717) is 18.7 Å². The average Bonchev–Trinajstić information content (AvgIpc) is 2.83. The van der Waals surface area contributed by atoms with E-state index in [2.05, 4.69) is 12.2 Å². The summed E-state index contributed by atoms with van der Waals surface area (Å²) in [5.41, 5.74) is 2.84. The third-order valence-corrected chi connectivity index (χ3v) is 8.00. The fraction of sp³-hybridized carbons (Fsp3) is 0.440. The van der Waals surface area contributed by atoms with Crippen molar-refractivity contribution in [1.82, 2.24) is 9.62 Å². The number of carbonyl (C=O) groups excluding carboxylic acids is 2. The third kappa shape index (κ3) is 6.21. The van der Waals surface area contributed by atoms with Crippen LogP contribution in [0.2, 0.25) is 0 Å². The number of hydrogen-bond donors (Lipinski definition) is 1. The van der Waals surface area contributed by atoms with Crippen LogP contribution in [0.25, 0.3) is 0 Å². The fourth-order valence-electron chi connectivity index (χ4n) is 3.87. The van der Waals surface area contributed by atoms with Crippen LogP contribution in [0.4, 0.5) is 0 Å². The number of benzene rings is 2. The molecule has 0 aliphatic carbocycles. The number of amides is 1. The highest BCUT2D eigenvalue weighted by atomic mass is 32.2. The van der Waals surface area contributed by atoms with Crippen LogP contribution < -0.4 is 5.32 Å². The molecule has 1 saturated heterocycles. The van der Waals surface area contributed by atoms with Gasteiger partial charge in [0.2, 0.25) is 10.0 Å². The van der Waals surface area contributed by atoms with Gasteiger partial charge in [-0.3, -0.25) is 4.79 Å². The summed E-state index contributed by atoms with van der Waals surface area (Å²) in [6.45, 7) is 6.16. The largest absolute Gasteiger partial charge is 0.452 e. The molecule has 0 saturated carbocycles. The number of rotatable bonds is 8. The molecule has 8 heteroatoms. The van der Waals surface area contributed by atoms with Gasteiger partial charge in [0.15, 0.2) is 6.61 Å². The molecule has 1 fully saturated rings. The minimum absolute atomic E-state index is 0.104. The summed E-state index contributed by atoms with van der Waals surface area (Å²) in [4.78, 5) is 24.9. The van der Waals surface area contributed by atoms with Crippen LogP contribution in [-0.2, 0) is 26.0 Å². The van der Waals surface area contributed by atoms with Crippen molar-refractivity contribution in [3.63, 3.8) is 0 Å². The molecule has 1 amide bonds. The zero-order valence-electron chi connectivity index (χ0n) is 19.5. The smallest absolute Gasteiger partial charge is 0.338 e. The van der Waals surface area contributed by atoms with Crippen molar-refractivity contribution in [3.8, 4) is 0 Å². The van der Waals surface area contributed by atoms with E-state index < -0.39 is 28.5 Å². The molecule has 33 heavy (non-hydrogen) atoms. The van der Waals surface area contributed by atoms with E-state index in [1.165, 1.54) is 22.0 Å². The second kappa shape index (κ2) is 10.9. The lowest BCUT2D eigenvalue weighted by molar-refractivity contribution is -0.124. The van der Waals surface area contributed by atoms with Crippen molar-refractivity contribution in [1.29, 1.82) is 0 Å². The standard InChI is InChI=1S/C25H32N2O5S/c1-4-20-9-12-21(13-10-20)19(3)26-24(28)17-32-25(29)22-11-8-18(2)23(16-22)33(30,31)27-14-6-5-7-15-27/h8-13,16,19H,4-7,14-15,17H2,1-3H3,(H,26,28). The number of hydrogen-bond acceptors (Lipinski definition) is 5. The molecule has 0 bridgehead atoms. The lowest BCUT2D eigenvalue weighted by Crippen LogP contribution is -2.36. The number of ether oxygens (including phenoxy) is 1. The highest BCUT2D eigenvalue weighted by Gasteiger charge is 2.28. The predicted molar refractivity (Wildman–Crippen MR) is 126 cm³/mol. The van der Waals surface area contributed by atoms with Crippen molar-refractivity contribution < 1.29 is 22.7 Å². The number of aryl methyl sites for hydroxylation is 2. The molecular formula is C25H32N2O5S. The van der Waals surface area contributed by atoms with Gasteiger partial charge in [-0.05, 0) is 61.9 Å². The van der Waals surface area contributed by atoms with Crippen LogP contribution in [0.1, 0.15) is 66.2 Å². The van der Waals surface area contributed by atoms with Gasteiger partial charge >= 0.3 is 5.97 Å². The Labute approximate surface area is 196 Å². The van der Waals surface area contributed by atoms with Crippen LogP contribution in [0.3, 0.4) is 0 Å². The normalized spacial score (nSPS) is 15.6. The molecule has 1 aliphatic heterocycles. The Bertz CT molecular complexity index is 1090. The summed E-state index contributed by atoms with van der Waals surface area (Å²) in [5.74, 6) is -1.16. The van der Waals surface area contributed by atoms with Gasteiger partial charge in [0.1, 0.15) is 0 Å². The zero-order chi connectivity index (χ0) is 24.0. The number of carbonyl (C=O) groups is 2. The number of piperidine rings is 1. The number of sulfonamides is 1. The van der Waals surface area contributed by atoms with Crippen LogP contribution in [-0.4, -0.2) is 44.3 Å². The van der Waals surface area contributed by atoms with E-state index in [0.717, 1.165) is 31.2 Å². The Morgan fingerprint density at radius 2 is 1.73 bits per heavy atom. The molecule has 178 valence electrons. The third-order valence-electron chi connectivity index (χ3n) is 5.96. The van der Waals surface area contributed by atoms with Crippen LogP contribution in [0, 0.1) is 6.92 Å². The minimum Gasteiger partial charge on any atom is -0.452 e. The maximum atomic E-state index is 13.1. The quantitative estimate of drug-likeness (QED) is 0.591. The highest BCUT2D eigenvalue weighted by molar-refractivity contribution is 7.89. The first-order valence-corrected chi connectivity index (χ1v) is 12.8. The van der Waals surface area contributed by atoms with Gasteiger partial charge in [0.25, 0.3) is 5.91 Å². The Morgan fingerprint density at radius 1 is 1.06 bits per heavy atom. The summed E-state index contributed by atoms with van der Waals surface area (Å²) in [6, 6.07) is 12.2. The van der Waals surface area contributed by atoms with Gasteiger partial charge in [0.05, 0.1) is 16.5 Å². The molecule has 1 atom stereocenters. The lowest BCUT2D eigenvalue weighted by Gasteiger charge is -2.26. The fourth-order valence-corrected chi connectivity index (χ4v) is 5.64. The Kier molecular flexibility index (Phi) is 8.26. The van der Waals surface area contributed by atoms with Gasteiger partial charge < -0.3 is 10.1 Å². The molecule has 1 heterocycles. The van der Waals surface area contributed by atoms with Crippen LogP contribution in [0.5, 0.6) is 0 Å². The summed E-state index contributed by atoms with van der Waals surface area (Å²) >= 11 is 0. The molecule has 0 aromatic heterocycles. The summed E-state index contributed by atoms with van der Waals surface area (Å²) in [6.07, 6.45) is 3.62. The van der Waals surface area contributed by atoms with E-state index in [1.54, 1.807) is 13.0 Å². The van der Waals surface area contributed by atoms with Crippen molar-refractivity contribution in [2.45, 2.75) is 57.4 Å². The molecule has 2 aromatic carbocycles. The molecule has 0 radical (unpaired) electrons. The van der Waals surface area contributed by atoms with Gasteiger partial charge in [0, 0.05) is 13.1 Å². The number of esters is 1. The maximum absolute atomic E-state index is 13.1. The summed E-state index contributed by atoms with van der Waals surface area (Å²) in [5, 5.41) is 2.81. The summed E-state index contributed by atoms with van der Waals surface area (Å²) in [7, 11) is -3.69. The topological polar surface area (TPSA) is 92.8 Å². The predicted octanol–water partition coefficient (Wildman–Crippen LogP) is 3.77. The summed E-state index contributed by atoms with van der Waals surface area (Å²) < 4.78 is 32.7. The molecule has 1 aliphatic rings. The first-order chi connectivity index (χ1) is 15.7. The zero-order valence-corrected chi connectivity index (χ0v) is 20.3. The minimum atomic E-state index is -3.69. The van der Waals surface area contributed by atoms with Crippen molar-refractivity contribution in [2.24, 2.45) is 0 Å². The maximum Gasteiger partial charge on any atom is 0.338 e. The van der Waals surface area contributed by atoms with Crippen LogP contribution >= 0.6 is 0 Å². The molecule has 1 unspecified atom stereocenters. The molecule has 1 N–H and O–H groups in total. The van der Waals surface area contributed by atoms with Crippen LogP contribution in [0.15, 0.2) is 47.4 Å².